The van der Waals surface area contributed by atoms with E-state index in [1.54, 1.807) is 0 Å². The maximum absolute atomic E-state index is 10.7. The molecular weight excluding hydrogens is 176 g/mol. The Bertz CT molecular complexity index is 329. The van der Waals surface area contributed by atoms with Gasteiger partial charge >= 0.3 is 5.97 Å². The van der Waals surface area contributed by atoms with Crippen molar-refractivity contribution in [1.29, 1.82) is 0 Å². The Hall–Kier alpha value is -1.05. The van der Waals surface area contributed by atoms with Gasteiger partial charge in [0.25, 0.3) is 0 Å². The second-order valence-corrected chi connectivity index (χ2v) is 4.75. The molecule has 3 aliphatic carbocycles. The lowest BCUT2D eigenvalue weighted by Crippen LogP contribution is -2.22. The fourth-order valence-electron chi connectivity index (χ4n) is 3.58. The highest BCUT2D eigenvalue weighted by Gasteiger charge is 2.48. The molecular formula is C12H14O2. The highest BCUT2D eigenvalue weighted by molar-refractivity contribution is 5.67. The third-order valence-electron chi connectivity index (χ3n) is 4.07. The third kappa shape index (κ3) is 0.999. The molecule has 3 aliphatic rings. The van der Waals surface area contributed by atoms with Crippen molar-refractivity contribution in [3.63, 3.8) is 0 Å². The van der Waals surface area contributed by atoms with Crippen LogP contribution in [0.3, 0.4) is 0 Å². The molecule has 74 valence electrons. The molecule has 0 saturated heterocycles. The first-order chi connectivity index (χ1) is 6.75. The predicted molar refractivity (Wildman–Crippen MR) is 52.6 cm³/mol. The van der Waals surface area contributed by atoms with Crippen LogP contribution in [-0.2, 0) is 4.79 Å². The van der Waals surface area contributed by atoms with Crippen molar-refractivity contribution in [3.8, 4) is 0 Å². The van der Waals surface area contributed by atoms with Gasteiger partial charge in [-0.1, -0.05) is 24.3 Å². The number of hydrogen-bond donors (Lipinski definition) is 1. The van der Waals surface area contributed by atoms with Crippen LogP contribution in [0.4, 0.5) is 0 Å². The number of carbonyl (C=O) groups is 1. The van der Waals surface area contributed by atoms with Gasteiger partial charge in [0.15, 0.2) is 0 Å². The first kappa shape index (κ1) is 8.27. The van der Waals surface area contributed by atoms with Crippen molar-refractivity contribution in [2.24, 2.45) is 29.6 Å². The molecule has 0 heterocycles. The highest BCUT2D eigenvalue weighted by atomic mass is 16.4. The molecule has 3 rings (SSSR count). The lowest BCUT2D eigenvalue weighted by Gasteiger charge is -2.25. The Morgan fingerprint density at radius 1 is 1.21 bits per heavy atom. The Morgan fingerprint density at radius 2 is 2.00 bits per heavy atom. The molecule has 5 atom stereocenters. The van der Waals surface area contributed by atoms with Crippen LogP contribution in [0.25, 0.3) is 0 Å². The second kappa shape index (κ2) is 2.72. The number of aliphatic carboxylic acids is 1. The molecule has 0 unspecified atom stereocenters. The van der Waals surface area contributed by atoms with E-state index in [1.807, 2.05) is 0 Å². The quantitative estimate of drug-likeness (QED) is 0.677. The van der Waals surface area contributed by atoms with Gasteiger partial charge in [0.05, 0.1) is 6.42 Å². The lowest BCUT2D eigenvalue weighted by atomic mass is 9.79. The van der Waals surface area contributed by atoms with Gasteiger partial charge in [-0.3, -0.25) is 4.79 Å². The minimum Gasteiger partial charge on any atom is -0.481 e. The van der Waals surface area contributed by atoms with Crippen LogP contribution in [0.1, 0.15) is 12.8 Å². The lowest BCUT2D eigenvalue weighted by molar-refractivity contribution is -0.138. The van der Waals surface area contributed by atoms with E-state index in [1.165, 1.54) is 6.42 Å². The van der Waals surface area contributed by atoms with Crippen LogP contribution >= 0.6 is 0 Å². The van der Waals surface area contributed by atoms with E-state index in [0.717, 1.165) is 0 Å². The van der Waals surface area contributed by atoms with E-state index in [0.29, 0.717) is 30.1 Å². The molecule has 2 nitrogen and oxygen atoms in total. The van der Waals surface area contributed by atoms with Crippen LogP contribution in [0.15, 0.2) is 24.3 Å². The number of carboxylic acid groups (broad SMARTS) is 1. The average molecular weight is 190 g/mol. The van der Waals surface area contributed by atoms with Crippen LogP contribution in [0.2, 0.25) is 0 Å². The van der Waals surface area contributed by atoms with Crippen molar-refractivity contribution in [3.05, 3.63) is 24.3 Å². The molecule has 0 amide bonds. The minimum absolute atomic E-state index is 0.289. The Morgan fingerprint density at radius 3 is 2.79 bits per heavy atom. The molecule has 0 aromatic carbocycles. The number of carboxylic acids is 1. The summed E-state index contributed by atoms with van der Waals surface area (Å²) in [4.78, 5) is 10.7. The van der Waals surface area contributed by atoms with E-state index in [2.05, 4.69) is 24.3 Å². The standard InChI is InChI=1S/C12H14O2/c13-11(14)6-9-3-4-10-7-1-2-8(5-7)12(9)10/h1-4,7-10,12H,5-6H2,(H,13,14)/t7-,8+,9-,10-,12-/m1/s1. The topological polar surface area (TPSA) is 37.3 Å². The van der Waals surface area contributed by atoms with Crippen LogP contribution in [0.5, 0.6) is 0 Å². The smallest absolute Gasteiger partial charge is 0.303 e. The molecule has 1 saturated carbocycles. The van der Waals surface area contributed by atoms with Crippen molar-refractivity contribution < 1.29 is 9.90 Å². The fourth-order valence-corrected chi connectivity index (χ4v) is 3.58. The van der Waals surface area contributed by atoms with Gasteiger partial charge in [0.2, 0.25) is 0 Å². The van der Waals surface area contributed by atoms with E-state index in [9.17, 15) is 4.79 Å². The highest BCUT2D eigenvalue weighted by Crippen LogP contribution is 2.55. The number of rotatable bonds is 2. The van der Waals surface area contributed by atoms with Gasteiger partial charge in [-0.2, -0.15) is 0 Å². The molecule has 14 heavy (non-hydrogen) atoms. The molecule has 0 aliphatic heterocycles. The summed E-state index contributed by atoms with van der Waals surface area (Å²) in [5.41, 5.74) is 0. The molecule has 0 radical (unpaired) electrons. The SMILES string of the molecule is O=C(O)C[C@H]1C=C[C@H]2[C@@H]1[C@H]1C=C[C@@H]2C1. The predicted octanol–water partition coefficient (Wildman–Crippen LogP) is 2.09. The van der Waals surface area contributed by atoms with Crippen molar-refractivity contribution in [1.82, 2.24) is 0 Å². The molecule has 2 heteroatoms. The summed E-state index contributed by atoms with van der Waals surface area (Å²) in [6.07, 6.45) is 10.6. The average Bonchev–Trinajstić information content (AvgIpc) is 2.74. The van der Waals surface area contributed by atoms with Crippen molar-refractivity contribution in [2.75, 3.05) is 0 Å². The summed E-state index contributed by atoms with van der Waals surface area (Å²) in [6, 6.07) is 0. The number of hydrogen-bond acceptors (Lipinski definition) is 1. The van der Waals surface area contributed by atoms with Gasteiger partial charge < -0.3 is 5.11 Å². The minimum atomic E-state index is -0.660. The number of allylic oxidation sites excluding steroid dienone is 4. The zero-order valence-corrected chi connectivity index (χ0v) is 7.97. The van der Waals surface area contributed by atoms with Crippen LogP contribution in [-0.4, -0.2) is 11.1 Å². The molecule has 0 spiro atoms. The second-order valence-electron chi connectivity index (χ2n) is 4.75. The molecule has 0 aromatic rings. The summed E-state index contributed by atoms with van der Waals surface area (Å²) >= 11 is 0. The van der Waals surface area contributed by atoms with Crippen LogP contribution in [0, 0.1) is 29.6 Å². The van der Waals surface area contributed by atoms with Gasteiger partial charge in [-0.15, -0.1) is 0 Å². The van der Waals surface area contributed by atoms with E-state index in [4.69, 9.17) is 5.11 Å². The molecule has 0 aromatic heterocycles. The fraction of sp³-hybridized carbons (Fsp3) is 0.583. The Kier molecular flexibility index (Phi) is 1.61. The van der Waals surface area contributed by atoms with Gasteiger partial charge in [-0.05, 0) is 36.0 Å². The summed E-state index contributed by atoms with van der Waals surface area (Å²) in [5, 5.41) is 8.81. The van der Waals surface area contributed by atoms with Gasteiger partial charge in [0, 0.05) is 0 Å². The van der Waals surface area contributed by atoms with Crippen LogP contribution < -0.4 is 0 Å². The van der Waals surface area contributed by atoms with E-state index >= 15 is 0 Å². The molecule has 2 bridgehead atoms. The molecule has 1 fully saturated rings. The zero-order valence-electron chi connectivity index (χ0n) is 7.97. The third-order valence-corrected chi connectivity index (χ3v) is 4.07. The van der Waals surface area contributed by atoms with E-state index < -0.39 is 5.97 Å². The van der Waals surface area contributed by atoms with Crippen molar-refractivity contribution >= 4 is 5.97 Å². The van der Waals surface area contributed by atoms with Gasteiger partial charge in [-0.25, -0.2) is 0 Å². The summed E-state index contributed by atoms with van der Waals surface area (Å²) in [6.45, 7) is 0. The summed E-state index contributed by atoms with van der Waals surface area (Å²) in [7, 11) is 0. The first-order valence-corrected chi connectivity index (χ1v) is 5.34. The summed E-state index contributed by atoms with van der Waals surface area (Å²) in [5.74, 6) is 2.24. The molecule has 1 N–H and O–H groups in total. The normalized spacial score (nSPS) is 47.3. The summed E-state index contributed by atoms with van der Waals surface area (Å²) < 4.78 is 0. The number of fused-ring (bicyclic) bond motifs is 5. The Labute approximate surface area is 83.3 Å². The van der Waals surface area contributed by atoms with Gasteiger partial charge in [0.1, 0.15) is 0 Å². The monoisotopic (exact) mass is 190 g/mol. The first-order valence-electron chi connectivity index (χ1n) is 5.34. The maximum atomic E-state index is 10.7. The largest absolute Gasteiger partial charge is 0.481 e. The van der Waals surface area contributed by atoms with E-state index in [-0.39, 0.29) is 5.92 Å². The van der Waals surface area contributed by atoms with Crippen molar-refractivity contribution in [2.45, 2.75) is 12.8 Å². The maximum Gasteiger partial charge on any atom is 0.303 e. The Balaban J connectivity index is 1.82. The zero-order chi connectivity index (χ0) is 9.71.